The van der Waals surface area contributed by atoms with Crippen LogP contribution < -0.4 is 0 Å². The van der Waals surface area contributed by atoms with E-state index in [4.69, 9.17) is 0 Å². The molecule has 0 atom stereocenters. The molecule has 1 aromatic carbocycles. The summed E-state index contributed by atoms with van der Waals surface area (Å²) in [7, 11) is 0. The summed E-state index contributed by atoms with van der Waals surface area (Å²) in [5, 5.41) is 19.3. The van der Waals surface area contributed by atoms with Crippen LogP contribution in [0.15, 0.2) is 24.3 Å². The largest absolute Gasteiger partial charge is 0.395 e. The van der Waals surface area contributed by atoms with E-state index in [9.17, 15) is 14.6 Å². The van der Waals surface area contributed by atoms with Gasteiger partial charge in [0.15, 0.2) is 0 Å². The van der Waals surface area contributed by atoms with Crippen LogP contribution >= 0.6 is 0 Å². The van der Waals surface area contributed by atoms with Crippen LogP contribution in [0.4, 0.5) is 4.39 Å². The number of hydrogen-bond acceptors (Lipinski definition) is 2. The van der Waals surface area contributed by atoms with Gasteiger partial charge < -0.3 is 10.2 Å². The third kappa shape index (κ3) is 4.29. The molecule has 0 bridgehead atoms. The maximum absolute atomic E-state index is 13.9. The van der Waals surface area contributed by atoms with Crippen LogP contribution in [0.2, 0.25) is 0 Å². The molecule has 0 unspecified atom stereocenters. The Balaban J connectivity index is 2.71. The standard InChI is InChI=1S/C16H25FO2/c1-2-3-4-5-8-11-16(12-18,13-19)14-9-6-7-10-15(14)17/h6-7,9-10,18-19H,2-5,8,11-13H2,1H3. The van der Waals surface area contributed by atoms with Crippen LogP contribution in [0.1, 0.15) is 51.0 Å². The van der Waals surface area contributed by atoms with E-state index in [1.54, 1.807) is 18.2 Å². The Hall–Kier alpha value is -0.930. The number of aliphatic hydroxyl groups excluding tert-OH is 2. The van der Waals surface area contributed by atoms with Gasteiger partial charge in [0.1, 0.15) is 5.82 Å². The van der Waals surface area contributed by atoms with E-state index in [2.05, 4.69) is 6.92 Å². The lowest BCUT2D eigenvalue weighted by Crippen LogP contribution is -2.35. The quantitative estimate of drug-likeness (QED) is 0.674. The average Bonchev–Trinajstić information content (AvgIpc) is 2.44. The van der Waals surface area contributed by atoms with E-state index in [1.807, 2.05) is 0 Å². The third-order valence-electron chi connectivity index (χ3n) is 3.81. The minimum atomic E-state index is -0.850. The molecular weight excluding hydrogens is 243 g/mol. The fourth-order valence-corrected chi connectivity index (χ4v) is 2.47. The van der Waals surface area contributed by atoms with Crippen molar-refractivity contribution in [1.82, 2.24) is 0 Å². The van der Waals surface area contributed by atoms with E-state index in [0.29, 0.717) is 12.0 Å². The summed E-state index contributed by atoms with van der Waals surface area (Å²) in [4.78, 5) is 0. The molecule has 19 heavy (non-hydrogen) atoms. The average molecular weight is 268 g/mol. The molecule has 0 aromatic heterocycles. The van der Waals surface area contributed by atoms with E-state index in [-0.39, 0.29) is 19.0 Å². The van der Waals surface area contributed by atoms with Crippen molar-refractivity contribution in [3.05, 3.63) is 35.6 Å². The third-order valence-corrected chi connectivity index (χ3v) is 3.81. The summed E-state index contributed by atoms with van der Waals surface area (Å²) >= 11 is 0. The molecule has 0 heterocycles. The van der Waals surface area contributed by atoms with Gasteiger partial charge in [0.2, 0.25) is 0 Å². The van der Waals surface area contributed by atoms with Crippen LogP contribution in [-0.2, 0) is 5.41 Å². The Labute approximate surface area is 115 Å². The molecule has 0 aliphatic rings. The summed E-state index contributed by atoms with van der Waals surface area (Å²) < 4.78 is 13.9. The lowest BCUT2D eigenvalue weighted by Gasteiger charge is -2.30. The van der Waals surface area contributed by atoms with Crippen molar-refractivity contribution in [1.29, 1.82) is 0 Å². The second-order valence-electron chi connectivity index (χ2n) is 5.24. The van der Waals surface area contributed by atoms with Crippen LogP contribution in [0.5, 0.6) is 0 Å². The molecule has 0 amide bonds. The summed E-state index contributed by atoms with van der Waals surface area (Å²) in [5.41, 5.74) is -0.423. The van der Waals surface area contributed by atoms with Crippen molar-refractivity contribution in [2.75, 3.05) is 13.2 Å². The molecule has 108 valence electrons. The lowest BCUT2D eigenvalue weighted by molar-refractivity contribution is 0.104. The zero-order valence-electron chi connectivity index (χ0n) is 11.7. The monoisotopic (exact) mass is 268 g/mol. The highest BCUT2D eigenvalue weighted by Gasteiger charge is 2.32. The van der Waals surface area contributed by atoms with Gasteiger partial charge in [-0.3, -0.25) is 0 Å². The Kier molecular flexibility index (Phi) is 7.03. The molecule has 0 fully saturated rings. The number of unbranched alkanes of at least 4 members (excludes halogenated alkanes) is 4. The first-order valence-electron chi connectivity index (χ1n) is 7.17. The Bertz CT molecular complexity index is 362. The molecule has 2 nitrogen and oxygen atoms in total. The molecule has 0 radical (unpaired) electrons. The highest BCUT2D eigenvalue weighted by Crippen LogP contribution is 2.31. The molecule has 0 saturated heterocycles. The Morgan fingerprint density at radius 1 is 1.00 bits per heavy atom. The van der Waals surface area contributed by atoms with Gasteiger partial charge in [0.05, 0.1) is 13.2 Å². The molecule has 3 heteroatoms. The predicted octanol–water partition coefficient (Wildman–Crippen LogP) is 3.41. The van der Waals surface area contributed by atoms with E-state index in [1.165, 1.54) is 18.9 Å². The Morgan fingerprint density at radius 3 is 2.21 bits per heavy atom. The maximum Gasteiger partial charge on any atom is 0.127 e. The zero-order valence-corrected chi connectivity index (χ0v) is 11.7. The maximum atomic E-state index is 13.9. The van der Waals surface area contributed by atoms with Gasteiger partial charge in [-0.25, -0.2) is 4.39 Å². The van der Waals surface area contributed by atoms with Crippen LogP contribution in [0.3, 0.4) is 0 Å². The summed E-state index contributed by atoms with van der Waals surface area (Å²) in [6, 6.07) is 6.41. The first kappa shape index (κ1) is 16.1. The molecule has 0 aliphatic heterocycles. The second kappa shape index (κ2) is 8.28. The number of benzene rings is 1. The lowest BCUT2D eigenvalue weighted by atomic mass is 9.77. The van der Waals surface area contributed by atoms with Gasteiger partial charge in [-0.1, -0.05) is 57.2 Å². The summed E-state index contributed by atoms with van der Waals surface area (Å²) in [6.45, 7) is 1.71. The fraction of sp³-hybridized carbons (Fsp3) is 0.625. The van der Waals surface area contributed by atoms with Crippen molar-refractivity contribution in [3.8, 4) is 0 Å². The highest BCUT2D eigenvalue weighted by atomic mass is 19.1. The first-order chi connectivity index (χ1) is 9.20. The van der Waals surface area contributed by atoms with Gasteiger partial charge in [-0.2, -0.15) is 0 Å². The van der Waals surface area contributed by atoms with Gasteiger partial charge in [-0.15, -0.1) is 0 Å². The SMILES string of the molecule is CCCCCCCC(CO)(CO)c1ccccc1F. The van der Waals surface area contributed by atoms with Crippen molar-refractivity contribution in [2.45, 2.75) is 50.9 Å². The van der Waals surface area contributed by atoms with Crippen molar-refractivity contribution in [3.63, 3.8) is 0 Å². The normalized spacial score (nSPS) is 11.8. The Morgan fingerprint density at radius 2 is 1.63 bits per heavy atom. The van der Waals surface area contributed by atoms with Crippen LogP contribution in [0.25, 0.3) is 0 Å². The molecular formula is C16H25FO2. The summed E-state index contributed by atoms with van der Waals surface area (Å²) in [5.74, 6) is -0.348. The smallest absolute Gasteiger partial charge is 0.127 e. The van der Waals surface area contributed by atoms with Gasteiger partial charge in [0, 0.05) is 5.41 Å². The predicted molar refractivity (Wildman–Crippen MR) is 75.6 cm³/mol. The fourth-order valence-electron chi connectivity index (χ4n) is 2.47. The zero-order chi connectivity index (χ0) is 14.1. The minimum absolute atomic E-state index is 0.224. The van der Waals surface area contributed by atoms with Gasteiger partial charge >= 0.3 is 0 Å². The molecule has 1 rings (SSSR count). The first-order valence-corrected chi connectivity index (χ1v) is 7.17. The summed E-state index contributed by atoms with van der Waals surface area (Å²) in [6.07, 6.45) is 6.11. The number of halogens is 1. The van der Waals surface area contributed by atoms with Crippen molar-refractivity contribution >= 4 is 0 Å². The van der Waals surface area contributed by atoms with Crippen molar-refractivity contribution in [2.24, 2.45) is 0 Å². The minimum Gasteiger partial charge on any atom is -0.395 e. The topological polar surface area (TPSA) is 40.5 Å². The highest BCUT2D eigenvalue weighted by molar-refractivity contribution is 5.27. The second-order valence-corrected chi connectivity index (χ2v) is 5.24. The number of rotatable bonds is 9. The molecule has 1 aromatic rings. The van der Waals surface area contributed by atoms with E-state index < -0.39 is 5.41 Å². The van der Waals surface area contributed by atoms with Crippen molar-refractivity contribution < 1.29 is 14.6 Å². The number of aliphatic hydroxyl groups is 2. The van der Waals surface area contributed by atoms with Gasteiger partial charge in [-0.05, 0) is 18.1 Å². The van der Waals surface area contributed by atoms with Crippen LogP contribution in [-0.4, -0.2) is 23.4 Å². The van der Waals surface area contributed by atoms with Crippen LogP contribution in [0, 0.1) is 5.82 Å². The van der Waals surface area contributed by atoms with Gasteiger partial charge in [0.25, 0.3) is 0 Å². The van der Waals surface area contributed by atoms with E-state index in [0.717, 1.165) is 19.3 Å². The molecule has 0 aliphatic carbocycles. The molecule has 0 saturated carbocycles. The van der Waals surface area contributed by atoms with E-state index >= 15 is 0 Å². The molecule has 2 N–H and O–H groups in total. The molecule has 0 spiro atoms. The number of hydrogen-bond donors (Lipinski definition) is 2.